The largest absolute Gasteiger partial charge is 0.495 e. The van der Waals surface area contributed by atoms with Gasteiger partial charge in [0.2, 0.25) is 5.91 Å². The van der Waals surface area contributed by atoms with Crippen molar-refractivity contribution < 1.29 is 19.2 Å². The average Bonchev–Trinajstić information content (AvgIpc) is 2.61. The second-order valence-corrected chi connectivity index (χ2v) is 5.87. The van der Waals surface area contributed by atoms with Crippen molar-refractivity contribution in [2.45, 2.75) is 19.4 Å². The van der Waals surface area contributed by atoms with Crippen molar-refractivity contribution in [1.82, 2.24) is 5.32 Å². The first-order valence-electron chi connectivity index (χ1n) is 8.05. The molecule has 0 saturated heterocycles. The Morgan fingerprint density at radius 1 is 1.22 bits per heavy atom. The van der Waals surface area contributed by atoms with Crippen molar-refractivity contribution in [3.8, 4) is 5.75 Å². The van der Waals surface area contributed by atoms with Crippen LogP contribution in [0.4, 0.5) is 16.2 Å². The number of urea groups is 1. The summed E-state index contributed by atoms with van der Waals surface area (Å²) in [4.78, 5) is 34.1. The third-order valence-corrected chi connectivity index (χ3v) is 3.85. The van der Waals surface area contributed by atoms with Gasteiger partial charge in [0.05, 0.1) is 30.2 Å². The molecule has 2 aromatic rings. The number of aryl methyl sites for hydroxylation is 1. The number of rotatable bonds is 7. The Balaban J connectivity index is 2.20. The number of nitro benzene ring substituents is 1. The van der Waals surface area contributed by atoms with Crippen molar-refractivity contribution in [2.75, 3.05) is 12.4 Å². The summed E-state index contributed by atoms with van der Waals surface area (Å²) < 4.78 is 5.12. The van der Waals surface area contributed by atoms with Crippen LogP contribution < -0.4 is 21.1 Å². The number of anilines is 1. The van der Waals surface area contributed by atoms with Crippen LogP contribution >= 0.6 is 0 Å². The third-order valence-electron chi connectivity index (χ3n) is 3.85. The lowest BCUT2D eigenvalue weighted by atomic mass is 10.0. The first-order chi connectivity index (χ1) is 12.8. The molecule has 0 aliphatic heterocycles. The van der Waals surface area contributed by atoms with E-state index in [2.05, 4.69) is 10.6 Å². The molecule has 4 N–H and O–H groups in total. The number of non-ortho nitro benzene ring substituents is 1. The van der Waals surface area contributed by atoms with Gasteiger partial charge in [0.25, 0.3) is 5.69 Å². The van der Waals surface area contributed by atoms with Crippen molar-refractivity contribution in [2.24, 2.45) is 5.73 Å². The van der Waals surface area contributed by atoms with Gasteiger partial charge in [0, 0.05) is 12.1 Å². The topological polar surface area (TPSA) is 137 Å². The second kappa shape index (κ2) is 8.65. The van der Waals surface area contributed by atoms with Gasteiger partial charge in [-0.2, -0.15) is 0 Å². The molecule has 0 saturated carbocycles. The van der Waals surface area contributed by atoms with Crippen LogP contribution in [0.2, 0.25) is 0 Å². The van der Waals surface area contributed by atoms with Gasteiger partial charge in [-0.1, -0.05) is 29.8 Å². The normalized spacial score (nSPS) is 11.3. The lowest BCUT2D eigenvalue weighted by molar-refractivity contribution is -0.384. The fourth-order valence-corrected chi connectivity index (χ4v) is 2.52. The molecule has 0 fully saturated rings. The lowest BCUT2D eigenvalue weighted by Gasteiger charge is -2.18. The summed E-state index contributed by atoms with van der Waals surface area (Å²) in [6, 6.07) is 9.76. The van der Waals surface area contributed by atoms with Crippen LogP contribution in [0.25, 0.3) is 0 Å². The van der Waals surface area contributed by atoms with Crippen LogP contribution in [0.3, 0.4) is 0 Å². The molecule has 2 aromatic carbocycles. The Bertz CT molecular complexity index is 851. The zero-order valence-corrected chi connectivity index (χ0v) is 14.9. The number of primary amides is 1. The summed E-state index contributed by atoms with van der Waals surface area (Å²) in [5, 5.41) is 16.1. The lowest BCUT2D eigenvalue weighted by Crippen LogP contribution is -2.35. The number of nitrogens with two attached hydrogens (primary N) is 1. The average molecular weight is 372 g/mol. The van der Waals surface area contributed by atoms with Gasteiger partial charge >= 0.3 is 6.03 Å². The molecule has 0 bridgehead atoms. The predicted octanol–water partition coefficient (Wildman–Crippen LogP) is 2.65. The standard InChI is InChI=1S/C18H20N4O5/c1-11-3-5-12(6-4-11)14(21-18(19)24)10-17(23)20-15-9-13(22(25)26)7-8-16(15)27-2/h3-9,14H,10H2,1-2H3,(H,20,23)(H3,19,21,24). The van der Waals surface area contributed by atoms with Gasteiger partial charge in [-0.3, -0.25) is 14.9 Å². The van der Waals surface area contributed by atoms with Crippen LogP contribution in [-0.4, -0.2) is 24.0 Å². The quantitative estimate of drug-likeness (QED) is 0.507. The van der Waals surface area contributed by atoms with Crippen molar-refractivity contribution >= 4 is 23.3 Å². The Hall–Kier alpha value is -3.62. The summed E-state index contributed by atoms with van der Waals surface area (Å²) in [6.07, 6.45) is -0.113. The third kappa shape index (κ3) is 5.43. The maximum absolute atomic E-state index is 12.5. The number of hydrogen-bond acceptors (Lipinski definition) is 5. The van der Waals surface area contributed by atoms with E-state index in [1.807, 2.05) is 19.1 Å². The summed E-state index contributed by atoms with van der Waals surface area (Å²) >= 11 is 0. The first-order valence-corrected chi connectivity index (χ1v) is 8.05. The number of ether oxygens (including phenoxy) is 1. The molecule has 0 aromatic heterocycles. The van der Waals surface area contributed by atoms with Gasteiger partial charge < -0.3 is 21.1 Å². The monoisotopic (exact) mass is 372 g/mol. The van der Waals surface area contributed by atoms with E-state index in [0.29, 0.717) is 5.56 Å². The number of benzene rings is 2. The summed E-state index contributed by atoms with van der Waals surface area (Å²) in [7, 11) is 1.39. The Labute approximate surface area is 155 Å². The molecule has 0 aliphatic carbocycles. The molecule has 2 rings (SSSR count). The van der Waals surface area contributed by atoms with Crippen molar-refractivity contribution in [3.05, 3.63) is 63.7 Å². The molecule has 1 atom stereocenters. The molecule has 27 heavy (non-hydrogen) atoms. The Kier molecular flexibility index (Phi) is 6.32. The van der Waals surface area contributed by atoms with E-state index in [1.54, 1.807) is 12.1 Å². The minimum absolute atomic E-state index is 0.113. The SMILES string of the molecule is COc1ccc([N+](=O)[O-])cc1NC(=O)CC(NC(N)=O)c1ccc(C)cc1. The smallest absolute Gasteiger partial charge is 0.312 e. The summed E-state index contributed by atoms with van der Waals surface area (Å²) in [5.74, 6) is -0.184. The van der Waals surface area contributed by atoms with Gasteiger partial charge in [0.1, 0.15) is 5.75 Å². The number of amides is 3. The van der Waals surface area contributed by atoms with Gasteiger partial charge in [-0.25, -0.2) is 4.79 Å². The molecule has 1 unspecified atom stereocenters. The number of carbonyl (C=O) groups excluding carboxylic acids is 2. The number of nitrogens with zero attached hydrogens (tertiary/aromatic N) is 1. The van der Waals surface area contributed by atoms with Crippen LogP contribution in [-0.2, 0) is 4.79 Å². The molecule has 0 heterocycles. The maximum atomic E-state index is 12.5. The molecule has 0 spiro atoms. The zero-order valence-electron chi connectivity index (χ0n) is 14.9. The van der Waals surface area contributed by atoms with E-state index in [-0.39, 0.29) is 23.5 Å². The van der Waals surface area contributed by atoms with Crippen LogP contribution in [0, 0.1) is 17.0 Å². The minimum Gasteiger partial charge on any atom is -0.495 e. The van der Waals surface area contributed by atoms with E-state index in [4.69, 9.17) is 10.5 Å². The van der Waals surface area contributed by atoms with E-state index >= 15 is 0 Å². The van der Waals surface area contributed by atoms with Gasteiger partial charge in [-0.05, 0) is 18.6 Å². The maximum Gasteiger partial charge on any atom is 0.312 e. The molecule has 0 aliphatic rings. The molecule has 9 nitrogen and oxygen atoms in total. The van der Waals surface area contributed by atoms with Gasteiger partial charge in [-0.15, -0.1) is 0 Å². The Morgan fingerprint density at radius 2 is 1.89 bits per heavy atom. The van der Waals surface area contributed by atoms with E-state index in [9.17, 15) is 19.7 Å². The van der Waals surface area contributed by atoms with Crippen molar-refractivity contribution in [3.63, 3.8) is 0 Å². The number of nitrogens with one attached hydrogen (secondary N) is 2. The van der Waals surface area contributed by atoms with Crippen LogP contribution in [0.15, 0.2) is 42.5 Å². The zero-order chi connectivity index (χ0) is 20.0. The number of nitro groups is 1. The van der Waals surface area contributed by atoms with E-state index < -0.39 is 22.9 Å². The number of methoxy groups -OCH3 is 1. The van der Waals surface area contributed by atoms with E-state index in [1.165, 1.54) is 25.3 Å². The molecule has 0 radical (unpaired) electrons. The highest BCUT2D eigenvalue weighted by Crippen LogP contribution is 2.29. The summed E-state index contributed by atoms with van der Waals surface area (Å²) in [6.45, 7) is 1.92. The highest BCUT2D eigenvalue weighted by Gasteiger charge is 2.19. The van der Waals surface area contributed by atoms with Crippen LogP contribution in [0.1, 0.15) is 23.6 Å². The summed E-state index contributed by atoms with van der Waals surface area (Å²) in [5.41, 5.74) is 6.93. The molecular formula is C18H20N4O5. The fraction of sp³-hybridized carbons (Fsp3) is 0.222. The molecular weight excluding hydrogens is 352 g/mol. The highest BCUT2D eigenvalue weighted by molar-refractivity contribution is 5.93. The van der Waals surface area contributed by atoms with Crippen molar-refractivity contribution in [1.29, 1.82) is 0 Å². The minimum atomic E-state index is -0.763. The molecule has 9 heteroatoms. The predicted molar refractivity (Wildman–Crippen MR) is 99.5 cm³/mol. The van der Waals surface area contributed by atoms with Gasteiger partial charge in [0.15, 0.2) is 0 Å². The number of hydrogen-bond donors (Lipinski definition) is 3. The molecule has 142 valence electrons. The highest BCUT2D eigenvalue weighted by atomic mass is 16.6. The Morgan fingerprint density at radius 3 is 2.44 bits per heavy atom. The van der Waals surface area contributed by atoms with Crippen LogP contribution in [0.5, 0.6) is 5.75 Å². The van der Waals surface area contributed by atoms with E-state index in [0.717, 1.165) is 5.56 Å². The second-order valence-electron chi connectivity index (χ2n) is 5.87. The molecule has 3 amide bonds. The fourth-order valence-electron chi connectivity index (χ4n) is 2.52. The first kappa shape index (κ1) is 19.7. The number of carbonyl (C=O) groups is 2.